The highest BCUT2D eigenvalue weighted by Crippen LogP contribution is 2.58. The lowest BCUT2D eigenvalue weighted by atomic mass is 10.1. The van der Waals surface area contributed by atoms with Crippen LogP contribution in [0.4, 0.5) is 0 Å². The number of benzene rings is 2. The van der Waals surface area contributed by atoms with Crippen molar-refractivity contribution in [1.29, 1.82) is 0 Å². The second-order valence-electron chi connectivity index (χ2n) is 11.1. The summed E-state index contributed by atoms with van der Waals surface area (Å²) in [4.78, 5) is 39.0. The molecule has 4 atom stereocenters. The molecule has 10 nitrogen and oxygen atoms in total. The average molecular weight is 553 g/mol. The lowest BCUT2D eigenvalue weighted by Gasteiger charge is -2.21. The van der Waals surface area contributed by atoms with E-state index in [1.165, 1.54) is 0 Å². The van der Waals surface area contributed by atoms with E-state index in [1.54, 1.807) is 39.4 Å². The van der Waals surface area contributed by atoms with Crippen molar-refractivity contribution < 1.29 is 38.4 Å². The highest BCUT2D eigenvalue weighted by Gasteiger charge is 2.66. The number of fused-ring (bicyclic) bond motifs is 2. The summed E-state index contributed by atoms with van der Waals surface area (Å²) < 4.78 is 21.0. The van der Waals surface area contributed by atoms with Gasteiger partial charge in [-0.3, -0.25) is 9.59 Å². The molecule has 0 spiro atoms. The van der Waals surface area contributed by atoms with E-state index < -0.39 is 5.41 Å². The van der Waals surface area contributed by atoms with E-state index in [4.69, 9.17) is 18.9 Å². The number of carbonyl (C=O) groups excluding carboxylic acids is 3. The fourth-order valence-electron chi connectivity index (χ4n) is 6.07. The van der Waals surface area contributed by atoms with E-state index in [9.17, 15) is 19.5 Å². The molecule has 2 aromatic carbocycles. The molecule has 2 aliphatic carbocycles. The number of carbonyl (C=O) groups is 3. The Kier molecular flexibility index (Phi) is 7.39. The summed E-state index contributed by atoms with van der Waals surface area (Å²) in [5.74, 6) is 3.01. The summed E-state index contributed by atoms with van der Waals surface area (Å²) in [5.41, 5.74) is 1.30. The number of hydrogen-bond acceptors (Lipinski definition) is 8. The maximum atomic E-state index is 12.2. The van der Waals surface area contributed by atoms with Gasteiger partial charge in [0.1, 0.15) is 29.3 Å². The second kappa shape index (κ2) is 10.6. The van der Waals surface area contributed by atoms with Crippen molar-refractivity contribution >= 4 is 18.1 Å². The first-order chi connectivity index (χ1) is 19.3. The molecule has 2 heterocycles. The Morgan fingerprint density at radius 2 is 1.32 bits per heavy atom. The van der Waals surface area contributed by atoms with Crippen LogP contribution in [0.5, 0.6) is 23.0 Å². The molecule has 4 unspecified atom stereocenters. The molecule has 2 aromatic rings. The third-order valence-corrected chi connectivity index (χ3v) is 8.78. The summed E-state index contributed by atoms with van der Waals surface area (Å²) in [6, 6.07) is 11.1. The second-order valence-corrected chi connectivity index (χ2v) is 11.1. The van der Waals surface area contributed by atoms with Crippen LogP contribution in [0.25, 0.3) is 0 Å². The monoisotopic (exact) mass is 552 g/mol. The quantitative estimate of drug-likeness (QED) is 0.447. The highest BCUT2D eigenvalue weighted by atomic mass is 16.5. The van der Waals surface area contributed by atoms with Crippen molar-refractivity contribution in [2.45, 2.75) is 25.9 Å². The Bertz CT molecular complexity index is 1310. The molecule has 2 amide bonds. The lowest BCUT2D eigenvalue weighted by molar-refractivity contribution is -0.131. The largest absolute Gasteiger partial charge is 0.497 e. The van der Waals surface area contributed by atoms with Crippen LogP contribution in [0.2, 0.25) is 0 Å². The van der Waals surface area contributed by atoms with Gasteiger partial charge in [0.05, 0.1) is 46.4 Å². The van der Waals surface area contributed by atoms with Gasteiger partial charge in [0.2, 0.25) is 11.8 Å². The van der Waals surface area contributed by atoms with Gasteiger partial charge in [-0.1, -0.05) is 0 Å². The van der Waals surface area contributed by atoms with Crippen molar-refractivity contribution in [1.82, 2.24) is 9.80 Å². The van der Waals surface area contributed by atoms with Crippen molar-refractivity contribution in [3.8, 4) is 23.0 Å². The molecule has 6 rings (SSSR count). The molecule has 2 aliphatic heterocycles. The average Bonchev–Trinajstić information content (AvgIpc) is 3.86. The predicted octanol–water partition coefficient (Wildman–Crippen LogP) is 2.30. The standard InChI is InChI=1S/C15H19NO4.C15H17NO4/c2*1-19-11-4-3-10(13(5-11)20-2)7-16-8-15(9-17)6-12(15)14(16)18/h3-5,12,17H,6-9H2,1-2H3;3-5,9,12H,6-8H2,1-2H3. The Morgan fingerprint density at radius 3 is 1.75 bits per heavy atom. The van der Waals surface area contributed by atoms with E-state index in [0.717, 1.165) is 35.3 Å². The molecule has 1 N–H and O–H groups in total. The number of aliphatic hydroxyl groups excluding tert-OH is 1. The van der Waals surface area contributed by atoms with Crippen LogP contribution in [0.3, 0.4) is 0 Å². The third kappa shape index (κ3) is 4.85. The van der Waals surface area contributed by atoms with Crippen molar-refractivity contribution in [3.05, 3.63) is 47.5 Å². The van der Waals surface area contributed by atoms with Crippen LogP contribution >= 0.6 is 0 Å². The van der Waals surface area contributed by atoms with Gasteiger partial charge >= 0.3 is 0 Å². The van der Waals surface area contributed by atoms with Crippen molar-refractivity contribution in [2.75, 3.05) is 48.1 Å². The minimum atomic E-state index is -0.406. The van der Waals surface area contributed by atoms with Crippen molar-refractivity contribution in [2.24, 2.45) is 22.7 Å². The summed E-state index contributed by atoms with van der Waals surface area (Å²) >= 11 is 0. The highest BCUT2D eigenvalue weighted by molar-refractivity contribution is 5.92. The number of ether oxygens (including phenoxy) is 4. The molecular formula is C30H36N2O8. The number of piperidine rings is 2. The van der Waals surface area contributed by atoms with Crippen LogP contribution in [-0.2, 0) is 27.5 Å². The van der Waals surface area contributed by atoms with Gasteiger partial charge in [0, 0.05) is 60.8 Å². The number of rotatable bonds is 10. The number of aldehydes is 1. The number of amides is 2. The van der Waals surface area contributed by atoms with Gasteiger partial charge in [-0.25, -0.2) is 0 Å². The fourth-order valence-corrected chi connectivity index (χ4v) is 6.07. The number of aliphatic hydroxyl groups is 1. The van der Waals surface area contributed by atoms with E-state index in [2.05, 4.69) is 0 Å². The van der Waals surface area contributed by atoms with E-state index in [1.807, 2.05) is 35.2 Å². The topological polar surface area (TPSA) is 115 Å². The lowest BCUT2D eigenvalue weighted by Crippen LogP contribution is -2.29. The predicted molar refractivity (Wildman–Crippen MR) is 144 cm³/mol. The first-order valence-corrected chi connectivity index (χ1v) is 13.3. The fraction of sp³-hybridized carbons (Fsp3) is 0.500. The summed E-state index contributed by atoms with van der Waals surface area (Å²) in [6.45, 7) is 2.25. The molecule has 2 saturated carbocycles. The molecule has 0 bridgehead atoms. The number of nitrogens with zero attached hydrogens (tertiary/aromatic N) is 2. The molecule has 0 aromatic heterocycles. The van der Waals surface area contributed by atoms with Gasteiger partial charge in [-0.15, -0.1) is 0 Å². The van der Waals surface area contributed by atoms with E-state index >= 15 is 0 Å². The first-order valence-electron chi connectivity index (χ1n) is 13.3. The number of hydrogen-bond donors (Lipinski definition) is 1. The zero-order chi connectivity index (χ0) is 28.7. The molecule has 10 heteroatoms. The normalized spacial score (nSPS) is 27.3. The zero-order valence-electron chi connectivity index (χ0n) is 23.3. The Hall–Kier alpha value is -3.79. The van der Waals surface area contributed by atoms with Crippen molar-refractivity contribution in [3.63, 3.8) is 0 Å². The summed E-state index contributed by atoms with van der Waals surface area (Å²) in [7, 11) is 6.40. The number of likely N-dealkylation sites (tertiary alicyclic amines) is 2. The SMILES string of the molecule is COc1ccc(CN2CC3(C=O)CC3C2=O)c(OC)c1.COc1ccc(CN2CC3(CO)CC3C2=O)c(OC)c1. The molecule has 214 valence electrons. The van der Waals surface area contributed by atoms with Crippen LogP contribution < -0.4 is 18.9 Å². The van der Waals surface area contributed by atoms with E-state index in [0.29, 0.717) is 44.1 Å². The molecule has 4 fully saturated rings. The molecule has 2 saturated heterocycles. The van der Waals surface area contributed by atoms with Gasteiger partial charge in [0.15, 0.2) is 0 Å². The molecule has 0 radical (unpaired) electrons. The van der Waals surface area contributed by atoms with Gasteiger partial charge in [0.25, 0.3) is 0 Å². The maximum Gasteiger partial charge on any atom is 0.227 e. The van der Waals surface area contributed by atoms with Gasteiger partial charge in [-0.05, 0) is 37.1 Å². The summed E-state index contributed by atoms with van der Waals surface area (Å²) in [5, 5.41) is 9.42. The van der Waals surface area contributed by atoms with Gasteiger partial charge in [-0.2, -0.15) is 0 Å². The molecule has 40 heavy (non-hydrogen) atoms. The van der Waals surface area contributed by atoms with Crippen LogP contribution in [0.1, 0.15) is 24.0 Å². The van der Waals surface area contributed by atoms with Crippen LogP contribution in [0, 0.1) is 22.7 Å². The van der Waals surface area contributed by atoms with Gasteiger partial charge < -0.3 is 38.6 Å². The third-order valence-electron chi connectivity index (χ3n) is 8.78. The molecule has 4 aliphatic rings. The van der Waals surface area contributed by atoms with Crippen LogP contribution in [-0.4, -0.2) is 81.1 Å². The van der Waals surface area contributed by atoms with Crippen LogP contribution in [0.15, 0.2) is 36.4 Å². The Morgan fingerprint density at radius 1 is 0.800 bits per heavy atom. The minimum absolute atomic E-state index is 0.0248. The maximum absolute atomic E-state index is 12.2. The Labute approximate surface area is 233 Å². The van der Waals surface area contributed by atoms with E-state index in [-0.39, 0.29) is 35.7 Å². The number of methoxy groups -OCH3 is 4. The first kappa shape index (κ1) is 27.8. The minimum Gasteiger partial charge on any atom is -0.497 e. The smallest absolute Gasteiger partial charge is 0.227 e. The zero-order valence-corrected chi connectivity index (χ0v) is 23.3. The summed E-state index contributed by atoms with van der Waals surface area (Å²) in [6.07, 6.45) is 2.49. The molecular weight excluding hydrogens is 516 g/mol. The Balaban J connectivity index is 0.000000161.